The fourth-order valence-electron chi connectivity index (χ4n) is 9.41. The van der Waals surface area contributed by atoms with Crippen molar-refractivity contribution in [2.24, 2.45) is 71.0 Å². The molecule has 0 aromatic carbocycles. The van der Waals surface area contributed by atoms with E-state index in [1.54, 1.807) is 16.3 Å². The Balaban J connectivity index is -0.0000000228. The first kappa shape index (κ1) is 134. The molecule has 0 radical (unpaired) electrons. The van der Waals surface area contributed by atoms with E-state index in [4.69, 9.17) is 0 Å². The van der Waals surface area contributed by atoms with Crippen LogP contribution in [0, 0.1) is 220 Å². The third kappa shape index (κ3) is 33.3. The Bertz CT molecular complexity index is 1340. The van der Waals surface area contributed by atoms with Crippen molar-refractivity contribution < 1.29 is 105 Å². The topological polar surface area (TPSA) is 0 Å². The molecule has 6 atom stereocenters. The second-order valence-electron chi connectivity index (χ2n) is 16.3. The van der Waals surface area contributed by atoms with Crippen LogP contribution in [0.2, 0.25) is 19.6 Å². The summed E-state index contributed by atoms with van der Waals surface area (Å²) < 4.78 is 0. The summed E-state index contributed by atoms with van der Waals surface area (Å²) in [6, 6.07) is 0. The normalized spacial score (nSPS) is 26.3. The zero-order chi connectivity index (χ0) is 31.7. The fourth-order valence-corrected chi connectivity index (χ4v) is 11.4. The number of rotatable bonds is 3. The molecule has 0 amide bonds. The molecule has 0 aliphatic heterocycles. The molecule has 6 unspecified atom stereocenters. The van der Waals surface area contributed by atoms with Gasteiger partial charge >= 0.3 is 105 Å². The maximum absolute atomic E-state index is 2.52. The van der Waals surface area contributed by atoms with Crippen LogP contribution in [0.25, 0.3) is 0 Å². The summed E-state index contributed by atoms with van der Waals surface area (Å²) in [7, 11) is -0.968. The van der Waals surface area contributed by atoms with Crippen LogP contribution in [0.3, 0.4) is 0 Å². The minimum atomic E-state index is -0.968. The molecule has 0 saturated carbocycles. The zero-order valence-electron chi connectivity index (χ0n) is 50.9. The van der Waals surface area contributed by atoms with Crippen molar-refractivity contribution in [1.29, 1.82) is 0 Å². The van der Waals surface area contributed by atoms with Crippen LogP contribution in [0.5, 0.6) is 0 Å². The molecule has 0 N–H and O–H groups in total. The van der Waals surface area contributed by atoms with E-state index in [0.717, 1.165) is 71.0 Å². The summed E-state index contributed by atoms with van der Waals surface area (Å²) in [4.78, 5) is 0. The maximum Gasteiger partial charge on any atom is 4.00 e. The number of allylic oxidation sites excluding steroid dienone is 20. The van der Waals surface area contributed by atoms with E-state index in [9.17, 15) is 0 Å². The minimum Gasteiger partial charge on any atom is -0.358 e. The Labute approximate surface area is 526 Å². The standard InChI is InChI=1S/C10H16Si.2C9H12.2C8H10.20CH3.5Pt/c1-11(2,3)10-7-8-4-5-9(10)6-8;1-2-8-5-7-3-4-9(8)6-7;1-2-9-7-3-4-8(9)6-5-7;1-6-4-7-2-3-8(6)5-7;1-6-7-2-3-8(6)5-4-7;;;;;;;;;;;;;;;;;;;;;;;;;/h4-5,7-9H,6H2,1-3H3;3-5,7,9H,2,6H2,1H3;3-9H,2H2,1H3;2-4,7-8H,5H2,1H3;2-8H,1H3;20*1H3;;;;;/q;;;;;20*-1;5*+4. The Morgan fingerprint density at radius 1 is 0.386 bits per heavy atom. The van der Waals surface area contributed by atoms with Gasteiger partial charge in [0.25, 0.3) is 0 Å². The molecular formula is C64H120Pt5Si. The van der Waals surface area contributed by atoms with Gasteiger partial charge in [-0.1, -0.05) is 166 Å². The molecule has 70 heavy (non-hydrogen) atoms. The van der Waals surface area contributed by atoms with Crippen molar-refractivity contribution >= 4 is 8.07 Å². The predicted octanol–water partition coefficient (Wildman–Crippen LogP) is 21.0. The molecule has 0 nitrogen and oxygen atoms in total. The molecular weight excluding hydrogens is 1770 g/mol. The maximum atomic E-state index is 2.52. The largest absolute Gasteiger partial charge is 4.00 e. The van der Waals surface area contributed by atoms with Crippen molar-refractivity contribution in [1.82, 2.24) is 0 Å². The molecule has 6 heteroatoms. The van der Waals surface area contributed by atoms with Gasteiger partial charge in [-0.3, -0.25) is 0 Å². The van der Waals surface area contributed by atoms with Crippen LogP contribution >= 0.6 is 0 Å². The average Bonchev–Trinajstić information content (AvgIpc) is 3.91. The smallest absolute Gasteiger partial charge is 0.358 e. The van der Waals surface area contributed by atoms with Crippen LogP contribution in [-0.2, 0) is 105 Å². The Morgan fingerprint density at radius 2 is 0.686 bits per heavy atom. The first-order valence-electron chi connectivity index (χ1n) is 18.5. The van der Waals surface area contributed by atoms with Gasteiger partial charge in [-0.15, -0.1) is 0 Å². The molecule has 0 aromatic heterocycles. The van der Waals surface area contributed by atoms with E-state index in [0.29, 0.717) is 0 Å². The first-order valence-corrected chi connectivity index (χ1v) is 22.0. The van der Waals surface area contributed by atoms with Crippen molar-refractivity contribution in [2.75, 3.05) is 0 Å². The quantitative estimate of drug-likeness (QED) is 0.150. The van der Waals surface area contributed by atoms with Gasteiger partial charge in [0.15, 0.2) is 0 Å². The second kappa shape index (κ2) is 60.9. The first-order chi connectivity index (χ1) is 21.6. The van der Waals surface area contributed by atoms with Gasteiger partial charge in [-0.25, -0.2) is 0 Å². The second-order valence-corrected chi connectivity index (χ2v) is 21.4. The van der Waals surface area contributed by atoms with Crippen molar-refractivity contribution in [3.05, 3.63) is 268 Å². The van der Waals surface area contributed by atoms with Crippen molar-refractivity contribution in [2.45, 2.75) is 79.4 Å². The van der Waals surface area contributed by atoms with Crippen molar-refractivity contribution in [3.8, 4) is 0 Å². The van der Waals surface area contributed by atoms with Gasteiger partial charge in [-0.05, 0) is 104 Å². The van der Waals surface area contributed by atoms with Gasteiger partial charge in [-0.2, -0.15) is 0 Å². The monoisotopic (exact) mass is 1890 g/mol. The van der Waals surface area contributed by atoms with E-state index in [2.05, 4.69) is 151 Å². The summed E-state index contributed by atoms with van der Waals surface area (Å²) in [6.45, 7) is 16.4. The summed E-state index contributed by atoms with van der Waals surface area (Å²) >= 11 is 0. The molecule has 0 aromatic rings. The van der Waals surface area contributed by atoms with Crippen molar-refractivity contribution in [3.63, 3.8) is 0 Å². The van der Waals surface area contributed by atoms with Crippen LogP contribution in [-0.4, -0.2) is 8.07 Å². The molecule has 0 heterocycles. The molecule has 10 aliphatic rings. The molecule has 10 bridgehead atoms. The molecule has 430 valence electrons. The summed E-state index contributed by atoms with van der Waals surface area (Å²) in [5.74, 6) is 9.85. The number of hydrogen-bond acceptors (Lipinski definition) is 0. The SMILES string of the molecule is CC1=CC2C=CC1C2.CC1C2C=CC1C=C2.CCC1=CC2C=CC1C2.CCC1C2C=CC1C=C2.C[Si](C)(C)C1=CC2C=CC1C2.[CH3-].[CH3-].[CH3-].[CH3-].[CH3-].[CH3-].[CH3-].[CH3-].[CH3-].[CH3-].[CH3-].[CH3-].[CH3-].[CH3-].[CH3-].[CH3-].[CH3-].[CH3-].[CH3-].[CH3-].[Pt+4].[Pt+4].[Pt+4].[Pt+4].[Pt+4]. The van der Waals surface area contributed by atoms with Crippen LogP contribution in [0.15, 0.2) is 120 Å². The molecule has 0 saturated heterocycles. The zero-order valence-corrected chi connectivity index (χ0v) is 63.2. The molecule has 10 aliphatic carbocycles. The Hall–Kier alpha value is 1.06. The summed E-state index contributed by atoms with van der Waals surface area (Å²) in [5.41, 5.74) is 3.25. The van der Waals surface area contributed by atoms with E-state index < -0.39 is 8.07 Å². The van der Waals surface area contributed by atoms with E-state index in [1.165, 1.54) is 32.1 Å². The summed E-state index contributed by atoms with van der Waals surface area (Å²) in [6.07, 6.45) is 46.8. The van der Waals surface area contributed by atoms with E-state index in [-0.39, 0.29) is 254 Å². The van der Waals surface area contributed by atoms with Crippen LogP contribution in [0.1, 0.15) is 59.8 Å². The van der Waals surface area contributed by atoms with Gasteiger partial charge in [0.05, 0.1) is 8.07 Å². The third-order valence-electron chi connectivity index (χ3n) is 12.3. The Morgan fingerprint density at radius 3 is 0.814 bits per heavy atom. The molecule has 0 fully saturated rings. The minimum absolute atomic E-state index is 0. The van der Waals surface area contributed by atoms with Gasteiger partial charge in [0, 0.05) is 0 Å². The third-order valence-corrected chi connectivity index (χ3v) is 14.5. The molecule has 0 spiro atoms. The van der Waals surface area contributed by atoms with Crippen LogP contribution < -0.4 is 0 Å². The van der Waals surface area contributed by atoms with Gasteiger partial charge in [0.1, 0.15) is 0 Å². The van der Waals surface area contributed by atoms with Crippen LogP contribution in [0.4, 0.5) is 0 Å². The molecule has 10 rings (SSSR count). The summed E-state index contributed by atoms with van der Waals surface area (Å²) in [5, 5.41) is 1.80. The Kier molecular flexibility index (Phi) is 116. The fraction of sp³-hybridized carbons (Fsp3) is 0.375. The van der Waals surface area contributed by atoms with E-state index in [1.807, 2.05) is 0 Å². The van der Waals surface area contributed by atoms with E-state index >= 15 is 0 Å². The number of fused-ring (bicyclic) bond motifs is 10. The average molecular weight is 1890 g/mol. The number of hydrogen-bond donors (Lipinski definition) is 0. The van der Waals surface area contributed by atoms with Gasteiger partial charge in [0.2, 0.25) is 0 Å². The van der Waals surface area contributed by atoms with Gasteiger partial charge < -0.3 is 149 Å². The predicted molar refractivity (Wildman–Crippen MR) is 328 cm³/mol.